The average Bonchev–Trinajstić information content (AvgIpc) is 3.07. The van der Waals surface area contributed by atoms with E-state index in [1.807, 2.05) is 29.2 Å². The summed E-state index contributed by atoms with van der Waals surface area (Å²) in [5.41, 5.74) is 1.02. The predicted molar refractivity (Wildman–Crippen MR) is 77.5 cm³/mol. The molecule has 0 saturated carbocycles. The zero-order valence-corrected chi connectivity index (χ0v) is 12.3. The molecular weight excluding hydrogens is 276 g/mol. The Morgan fingerprint density at radius 3 is 3.05 bits per heavy atom. The van der Waals surface area contributed by atoms with Crippen LogP contribution < -0.4 is 5.32 Å². The van der Waals surface area contributed by atoms with Gasteiger partial charge in [-0.25, -0.2) is 0 Å². The van der Waals surface area contributed by atoms with Crippen LogP contribution in [0.25, 0.3) is 0 Å². The average molecular weight is 295 g/mol. The second-order valence-electron chi connectivity index (χ2n) is 5.43. The Morgan fingerprint density at radius 1 is 1.50 bits per heavy atom. The molecule has 2 aliphatic heterocycles. The third-order valence-electron chi connectivity index (χ3n) is 4.12. The van der Waals surface area contributed by atoms with Crippen LogP contribution in [0.1, 0.15) is 31.5 Å². The van der Waals surface area contributed by atoms with Gasteiger partial charge in [-0.15, -0.1) is 0 Å². The summed E-state index contributed by atoms with van der Waals surface area (Å²) in [5.74, 6) is 0.123. The van der Waals surface area contributed by atoms with Crippen molar-refractivity contribution in [2.24, 2.45) is 0 Å². The van der Waals surface area contributed by atoms with Crippen LogP contribution in [-0.2, 0) is 9.53 Å². The van der Waals surface area contributed by atoms with Crippen molar-refractivity contribution in [2.75, 3.05) is 13.2 Å². The first-order chi connectivity index (χ1) is 9.66. The number of carbonyl (C=O) groups excluding carboxylic acids is 1. The van der Waals surface area contributed by atoms with E-state index >= 15 is 0 Å². The summed E-state index contributed by atoms with van der Waals surface area (Å²) in [5, 5.41) is 3.95. The zero-order chi connectivity index (χ0) is 14.1. The minimum Gasteiger partial charge on any atom is -0.376 e. The number of ether oxygens (including phenoxy) is 1. The smallest absolute Gasteiger partial charge is 0.238 e. The molecule has 1 aromatic carbocycles. The van der Waals surface area contributed by atoms with Crippen molar-refractivity contribution in [1.29, 1.82) is 0 Å². The van der Waals surface area contributed by atoms with Gasteiger partial charge in [-0.3, -0.25) is 10.1 Å². The highest BCUT2D eigenvalue weighted by atomic mass is 35.5. The first-order valence-corrected chi connectivity index (χ1v) is 7.46. The highest BCUT2D eigenvalue weighted by molar-refractivity contribution is 6.30. The minimum absolute atomic E-state index is 0.0731. The van der Waals surface area contributed by atoms with Gasteiger partial charge in [0.25, 0.3) is 0 Å². The van der Waals surface area contributed by atoms with Crippen molar-refractivity contribution in [3.63, 3.8) is 0 Å². The van der Waals surface area contributed by atoms with Gasteiger partial charge in [0.15, 0.2) is 0 Å². The van der Waals surface area contributed by atoms with Crippen LogP contribution in [0.3, 0.4) is 0 Å². The van der Waals surface area contributed by atoms with Gasteiger partial charge in [-0.1, -0.05) is 23.7 Å². The molecule has 3 rings (SSSR count). The summed E-state index contributed by atoms with van der Waals surface area (Å²) in [7, 11) is 0. The molecule has 3 atom stereocenters. The van der Waals surface area contributed by atoms with Crippen molar-refractivity contribution in [2.45, 2.75) is 38.1 Å². The molecule has 1 aromatic rings. The molecule has 1 N–H and O–H groups in total. The van der Waals surface area contributed by atoms with E-state index < -0.39 is 0 Å². The molecule has 1 amide bonds. The van der Waals surface area contributed by atoms with Crippen molar-refractivity contribution >= 4 is 17.5 Å². The van der Waals surface area contributed by atoms with E-state index in [4.69, 9.17) is 16.3 Å². The van der Waals surface area contributed by atoms with Crippen molar-refractivity contribution in [1.82, 2.24) is 10.2 Å². The summed E-state index contributed by atoms with van der Waals surface area (Å²) >= 11 is 6.06. The van der Waals surface area contributed by atoms with Crippen molar-refractivity contribution < 1.29 is 9.53 Å². The number of nitrogens with one attached hydrogen (secondary N) is 1. The van der Waals surface area contributed by atoms with Crippen molar-refractivity contribution in [3.8, 4) is 0 Å². The van der Waals surface area contributed by atoms with Crippen LogP contribution in [0, 0.1) is 0 Å². The van der Waals surface area contributed by atoms with Gasteiger partial charge < -0.3 is 9.64 Å². The molecule has 0 aliphatic carbocycles. The Hall–Kier alpha value is -1.10. The van der Waals surface area contributed by atoms with Gasteiger partial charge in [-0.2, -0.15) is 0 Å². The minimum atomic E-state index is -0.111. The lowest BCUT2D eigenvalue weighted by Crippen LogP contribution is -2.44. The number of benzene rings is 1. The quantitative estimate of drug-likeness (QED) is 0.930. The summed E-state index contributed by atoms with van der Waals surface area (Å²) in [6, 6.07) is 7.74. The van der Waals surface area contributed by atoms with Gasteiger partial charge >= 0.3 is 0 Å². The Morgan fingerprint density at radius 2 is 2.35 bits per heavy atom. The standard InChI is InChI=1S/C15H19ClN2O2/c1-10(13-6-3-7-20-13)18-14(19)9-17-15(18)11-4-2-5-12(16)8-11/h2,4-5,8,10,13,15,17H,3,6-7,9H2,1H3. The van der Waals surface area contributed by atoms with Gasteiger partial charge in [-0.05, 0) is 37.5 Å². The van der Waals surface area contributed by atoms with Crippen LogP contribution in [-0.4, -0.2) is 36.1 Å². The molecule has 2 saturated heterocycles. The number of hydrogen-bond acceptors (Lipinski definition) is 3. The van der Waals surface area contributed by atoms with E-state index in [-0.39, 0.29) is 24.2 Å². The van der Waals surface area contributed by atoms with Gasteiger partial charge in [0.1, 0.15) is 6.17 Å². The SMILES string of the molecule is CC(C1CCCO1)N1C(=O)CNC1c1cccc(Cl)c1. The third kappa shape index (κ3) is 2.55. The first kappa shape index (κ1) is 13.9. The maximum Gasteiger partial charge on any atom is 0.238 e. The van der Waals surface area contributed by atoms with Gasteiger partial charge in [0, 0.05) is 11.6 Å². The molecule has 2 fully saturated rings. The van der Waals surface area contributed by atoms with Crippen LogP contribution in [0.5, 0.6) is 0 Å². The molecule has 20 heavy (non-hydrogen) atoms. The highest BCUT2D eigenvalue weighted by Gasteiger charge is 2.39. The maximum absolute atomic E-state index is 12.2. The molecule has 0 bridgehead atoms. The van der Waals surface area contributed by atoms with Crippen LogP contribution >= 0.6 is 11.6 Å². The second kappa shape index (κ2) is 5.72. The Kier molecular flexibility index (Phi) is 3.96. The predicted octanol–water partition coefficient (Wildman–Crippen LogP) is 2.34. The van der Waals surface area contributed by atoms with E-state index in [1.54, 1.807) is 0 Å². The molecular formula is C15H19ClN2O2. The topological polar surface area (TPSA) is 41.6 Å². The number of amides is 1. The highest BCUT2D eigenvalue weighted by Crippen LogP contribution is 2.30. The van der Waals surface area contributed by atoms with Crippen molar-refractivity contribution in [3.05, 3.63) is 34.9 Å². The summed E-state index contributed by atoms with van der Waals surface area (Å²) in [6.07, 6.45) is 2.13. The fourth-order valence-corrected chi connectivity index (χ4v) is 3.30. The molecule has 108 valence electrons. The molecule has 0 aromatic heterocycles. The lowest BCUT2D eigenvalue weighted by Gasteiger charge is -2.33. The summed E-state index contributed by atoms with van der Waals surface area (Å²) in [6.45, 7) is 3.24. The van der Waals surface area contributed by atoms with Gasteiger partial charge in [0.05, 0.1) is 18.7 Å². The fraction of sp³-hybridized carbons (Fsp3) is 0.533. The Bertz CT molecular complexity index is 502. The number of rotatable bonds is 3. The van der Waals surface area contributed by atoms with E-state index in [1.165, 1.54) is 0 Å². The van der Waals surface area contributed by atoms with Gasteiger partial charge in [0.2, 0.25) is 5.91 Å². The molecule has 5 heteroatoms. The molecule has 4 nitrogen and oxygen atoms in total. The molecule has 2 aliphatic rings. The molecule has 3 unspecified atom stereocenters. The first-order valence-electron chi connectivity index (χ1n) is 7.08. The largest absolute Gasteiger partial charge is 0.376 e. The molecule has 2 heterocycles. The van der Waals surface area contributed by atoms with E-state index in [0.717, 1.165) is 25.0 Å². The van der Waals surface area contributed by atoms with E-state index in [9.17, 15) is 4.79 Å². The van der Waals surface area contributed by atoms with E-state index in [0.29, 0.717) is 11.6 Å². The van der Waals surface area contributed by atoms with Crippen LogP contribution in [0.2, 0.25) is 5.02 Å². The molecule has 0 radical (unpaired) electrons. The summed E-state index contributed by atoms with van der Waals surface area (Å²) in [4.78, 5) is 14.1. The lowest BCUT2D eigenvalue weighted by atomic mass is 10.1. The maximum atomic E-state index is 12.2. The Labute approximate surface area is 124 Å². The number of carbonyl (C=O) groups is 1. The zero-order valence-electron chi connectivity index (χ0n) is 11.5. The lowest BCUT2D eigenvalue weighted by molar-refractivity contribution is -0.132. The van der Waals surface area contributed by atoms with Crippen LogP contribution in [0.4, 0.5) is 0 Å². The number of hydrogen-bond donors (Lipinski definition) is 1. The number of halogens is 1. The third-order valence-corrected chi connectivity index (χ3v) is 4.35. The fourth-order valence-electron chi connectivity index (χ4n) is 3.10. The second-order valence-corrected chi connectivity index (χ2v) is 5.87. The summed E-state index contributed by atoms with van der Waals surface area (Å²) < 4.78 is 5.74. The van der Waals surface area contributed by atoms with E-state index in [2.05, 4.69) is 12.2 Å². The normalized spacial score (nSPS) is 28.1. The monoisotopic (exact) mass is 294 g/mol. The molecule has 0 spiro atoms. The number of nitrogens with zero attached hydrogens (tertiary/aromatic N) is 1. The van der Waals surface area contributed by atoms with Crippen LogP contribution in [0.15, 0.2) is 24.3 Å². The Balaban J connectivity index is 1.84.